The third kappa shape index (κ3) is 2.80. The van der Waals surface area contributed by atoms with Crippen LogP contribution in [0.15, 0.2) is 24.3 Å². The van der Waals surface area contributed by atoms with E-state index < -0.39 is 0 Å². The smallest absolute Gasteiger partial charge is 0.123 e. The first kappa shape index (κ1) is 10.7. The molecule has 15 heavy (non-hydrogen) atoms. The molecule has 0 spiro atoms. The fourth-order valence-electron chi connectivity index (χ4n) is 2.56. The molecule has 0 amide bonds. The second-order valence-corrected chi connectivity index (χ2v) is 4.86. The Morgan fingerprint density at radius 3 is 2.47 bits per heavy atom. The van der Waals surface area contributed by atoms with E-state index in [1.54, 1.807) is 12.1 Å². The Kier molecular flexibility index (Phi) is 3.40. The minimum Gasteiger partial charge on any atom is -0.207 e. The number of benzene rings is 1. The molecule has 2 atom stereocenters. The molecule has 0 aromatic heterocycles. The Morgan fingerprint density at radius 1 is 1.00 bits per heavy atom. The number of rotatable bonds is 1. The standard InChI is InChI=1S/C14H19F/c1-11-3-2-4-12(6-5-11)13-7-9-14(15)10-8-13/h7-12H,2-6H2,1H3. The third-order valence-electron chi connectivity index (χ3n) is 3.60. The Hall–Kier alpha value is -0.850. The van der Waals surface area contributed by atoms with Crippen LogP contribution in [0.2, 0.25) is 0 Å². The van der Waals surface area contributed by atoms with Crippen molar-refractivity contribution in [1.82, 2.24) is 0 Å². The maximum absolute atomic E-state index is 12.8. The normalized spacial score (nSPS) is 27.3. The van der Waals surface area contributed by atoms with Gasteiger partial charge in [0.15, 0.2) is 0 Å². The number of halogens is 1. The van der Waals surface area contributed by atoms with Crippen molar-refractivity contribution in [3.8, 4) is 0 Å². The van der Waals surface area contributed by atoms with Crippen LogP contribution >= 0.6 is 0 Å². The maximum Gasteiger partial charge on any atom is 0.123 e. The van der Waals surface area contributed by atoms with Gasteiger partial charge in [-0.15, -0.1) is 0 Å². The van der Waals surface area contributed by atoms with Gasteiger partial charge in [0.05, 0.1) is 0 Å². The molecule has 0 aliphatic heterocycles. The zero-order chi connectivity index (χ0) is 10.7. The molecule has 1 aliphatic carbocycles. The molecule has 1 heteroatoms. The zero-order valence-corrected chi connectivity index (χ0v) is 9.38. The Morgan fingerprint density at radius 2 is 1.73 bits per heavy atom. The van der Waals surface area contributed by atoms with Gasteiger partial charge in [-0.25, -0.2) is 4.39 Å². The van der Waals surface area contributed by atoms with Crippen molar-refractivity contribution >= 4 is 0 Å². The molecule has 82 valence electrons. The lowest BCUT2D eigenvalue weighted by molar-refractivity contribution is 0.499. The van der Waals surface area contributed by atoms with Crippen molar-refractivity contribution in [3.63, 3.8) is 0 Å². The molecule has 1 aromatic carbocycles. The van der Waals surface area contributed by atoms with Crippen LogP contribution in [0.3, 0.4) is 0 Å². The fraction of sp³-hybridized carbons (Fsp3) is 0.571. The predicted octanol–water partition coefficient (Wildman–Crippen LogP) is 4.51. The average molecular weight is 206 g/mol. The second-order valence-electron chi connectivity index (χ2n) is 4.86. The molecule has 0 nitrogen and oxygen atoms in total. The van der Waals surface area contributed by atoms with E-state index in [1.165, 1.54) is 37.7 Å². The summed E-state index contributed by atoms with van der Waals surface area (Å²) in [4.78, 5) is 0. The SMILES string of the molecule is CC1CCCC(c2ccc(F)cc2)CC1. The van der Waals surface area contributed by atoms with E-state index in [-0.39, 0.29) is 5.82 Å². The van der Waals surface area contributed by atoms with Gasteiger partial charge in [-0.1, -0.05) is 38.3 Å². The van der Waals surface area contributed by atoms with E-state index in [2.05, 4.69) is 6.92 Å². The van der Waals surface area contributed by atoms with Gasteiger partial charge in [-0.3, -0.25) is 0 Å². The third-order valence-corrected chi connectivity index (χ3v) is 3.60. The maximum atomic E-state index is 12.8. The van der Waals surface area contributed by atoms with E-state index in [4.69, 9.17) is 0 Å². The summed E-state index contributed by atoms with van der Waals surface area (Å²) in [6.07, 6.45) is 6.55. The van der Waals surface area contributed by atoms with Crippen LogP contribution < -0.4 is 0 Å². The lowest BCUT2D eigenvalue weighted by atomic mass is 9.91. The molecule has 1 fully saturated rings. The summed E-state index contributed by atoms with van der Waals surface area (Å²) in [6.45, 7) is 2.34. The predicted molar refractivity (Wildman–Crippen MR) is 61.4 cm³/mol. The van der Waals surface area contributed by atoms with E-state index in [0.717, 1.165) is 5.92 Å². The van der Waals surface area contributed by atoms with Crippen LogP contribution in [-0.2, 0) is 0 Å². The van der Waals surface area contributed by atoms with Crippen LogP contribution in [0, 0.1) is 11.7 Å². The lowest BCUT2D eigenvalue weighted by Crippen LogP contribution is -1.97. The summed E-state index contributed by atoms with van der Waals surface area (Å²) < 4.78 is 12.8. The topological polar surface area (TPSA) is 0 Å². The molecule has 0 heterocycles. The highest BCUT2D eigenvalue weighted by molar-refractivity contribution is 5.20. The Balaban J connectivity index is 2.06. The summed E-state index contributed by atoms with van der Waals surface area (Å²) in [6, 6.07) is 7.08. The lowest BCUT2D eigenvalue weighted by Gasteiger charge is -2.14. The van der Waals surface area contributed by atoms with Gasteiger partial charge in [0.2, 0.25) is 0 Å². The number of hydrogen-bond donors (Lipinski definition) is 0. The molecule has 0 N–H and O–H groups in total. The highest BCUT2D eigenvalue weighted by atomic mass is 19.1. The van der Waals surface area contributed by atoms with Crippen LogP contribution in [-0.4, -0.2) is 0 Å². The first-order valence-corrected chi connectivity index (χ1v) is 6.01. The Bertz CT molecular complexity index is 302. The van der Waals surface area contributed by atoms with Gasteiger partial charge in [0.25, 0.3) is 0 Å². The molecule has 0 saturated heterocycles. The van der Waals surface area contributed by atoms with Gasteiger partial charge < -0.3 is 0 Å². The van der Waals surface area contributed by atoms with Crippen molar-refractivity contribution < 1.29 is 4.39 Å². The number of hydrogen-bond acceptors (Lipinski definition) is 0. The minimum atomic E-state index is -0.124. The average Bonchev–Trinajstić information content (AvgIpc) is 2.44. The zero-order valence-electron chi connectivity index (χ0n) is 9.38. The molecule has 2 rings (SSSR count). The molecule has 0 bridgehead atoms. The second kappa shape index (κ2) is 4.78. The van der Waals surface area contributed by atoms with Crippen molar-refractivity contribution in [2.24, 2.45) is 5.92 Å². The molecule has 1 aliphatic rings. The minimum absolute atomic E-state index is 0.124. The molecule has 0 radical (unpaired) electrons. The largest absolute Gasteiger partial charge is 0.207 e. The quantitative estimate of drug-likeness (QED) is 0.593. The molecule has 1 saturated carbocycles. The highest BCUT2D eigenvalue weighted by Gasteiger charge is 2.17. The van der Waals surface area contributed by atoms with Gasteiger partial charge in [0, 0.05) is 0 Å². The summed E-state index contributed by atoms with van der Waals surface area (Å²) in [5.41, 5.74) is 1.32. The van der Waals surface area contributed by atoms with Gasteiger partial charge in [-0.2, -0.15) is 0 Å². The van der Waals surface area contributed by atoms with Crippen LogP contribution in [0.1, 0.15) is 50.5 Å². The van der Waals surface area contributed by atoms with Crippen molar-refractivity contribution in [2.45, 2.75) is 44.9 Å². The van der Waals surface area contributed by atoms with Crippen LogP contribution in [0.25, 0.3) is 0 Å². The Labute approximate surface area is 91.5 Å². The van der Waals surface area contributed by atoms with Gasteiger partial charge in [0.1, 0.15) is 5.82 Å². The highest BCUT2D eigenvalue weighted by Crippen LogP contribution is 2.33. The molecular formula is C14H19F. The van der Waals surface area contributed by atoms with Crippen LogP contribution in [0.4, 0.5) is 4.39 Å². The summed E-state index contributed by atoms with van der Waals surface area (Å²) in [5, 5.41) is 0. The van der Waals surface area contributed by atoms with E-state index >= 15 is 0 Å². The van der Waals surface area contributed by atoms with Gasteiger partial charge in [-0.05, 0) is 42.4 Å². The van der Waals surface area contributed by atoms with Crippen LogP contribution in [0.5, 0.6) is 0 Å². The summed E-state index contributed by atoms with van der Waals surface area (Å²) in [5.74, 6) is 1.41. The first-order chi connectivity index (χ1) is 7.25. The monoisotopic (exact) mass is 206 g/mol. The van der Waals surface area contributed by atoms with E-state index in [9.17, 15) is 4.39 Å². The van der Waals surface area contributed by atoms with Gasteiger partial charge >= 0.3 is 0 Å². The molecular weight excluding hydrogens is 187 g/mol. The van der Waals surface area contributed by atoms with Crippen molar-refractivity contribution in [1.29, 1.82) is 0 Å². The molecule has 2 unspecified atom stereocenters. The molecule has 1 aromatic rings. The van der Waals surface area contributed by atoms with E-state index in [0.29, 0.717) is 5.92 Å². The fourth-order valence-corrected chi connectivity index (χ4v) is 2.56. The summed E-state index contributed by atoms with van der Waals surface area (Å²) >= 11 is 0. The van der Waals surface area contributed by atoms with E-state index in [1.807, 2.05) is 12.1 Å². The van der Waals surface area contributed by atoms with Crippen molar-refractivity contribution in [2.75, 3.05) is 0 Å². The summed E-state index contributed by atoms with van der Waals surface area (Å²) in [7, 11) is 0. The first-order valence-electron chi connectivity index (χ1n) is 6.01. The van der Waals surface area contributed by atoms with Crippen molar-refractivity contribution in [3.05, 3.63) is 35.6 Å².